The van der Waals surface area contributed by atoms with E-state index in [1.165, 1.54) is 11.8 Å². The maximum atomic E-state index is 11.5. The summed E-state index contributed by atoms with van der Waals surface area (Å²) in [6.45, 7) is 2.02. The lowest BCUT2D eigenvalue weighted by Gasteiger charge is -2.10. The highest BCUT2D eigenvalue weighted by Gasteiger charge is 2.16. The third-order valence-corrected chi connectivity index (χ3v) is 4.48. The van der Waals surface area contributed by atoms with E-state index in [0.717, 1.165) is 20.4 Å². The molecule has 0 saturated carbocycles. The Hall–Kier alpha value is -1.39. The molecule has 0 aliphatic heterocycles. The quantitative estimate of drug-likeness (QED) is 0.813. The van der Waals surface area contributed by atoms with Crippen LogP contribution in [-0.4, -0.2) is 16.8 Å². The molecule has 0 aliphatic rings. The van der Waals surface area contributed by atoms with Gasteiger partial charge in [-0.2, -0.15) is 0 Å². The Morgan fingerprint density at radius 2 is 1.74 bits per heavy atom. The highest BCUT2D eigenvalue weighted by Crippen LogP contribution is 2.35. The Balaban J connectivity index is 2.39. The van der Waals surface area contributed by atoms with Crippen LogP contribution in [0.4, 0.5) is 0 Å². The van der Waals surface area contributed by atoms with Gasteiger partial charge in [0.15, 0.2) is 0 Å². The number of benzene rings is 2. The Labute approximate surface area is 121 Å². The zero-order chi connectivity index (χ0) is 13.7. The summed E-state index contributed by atoms with van der Waals surface area (Å²) in [4.78, 5) is 14.1. The summed E-state index contributed by atoms with van der Waals surface area (Å²) in [5, 5.41) is 9.42. The van der Waals surface area contributed by atoms with Crippen LogP contribution in [0.25, 0.3) is 0 Å². The minimum absolute atomic E-state index is 0.406. The molecular weight excluding hydrogens is 276 g/mol. The van der Waals surface area contributed by atoms with E-state index in [1.54, 1.807) is 11.8 Å². The number of hydrogen-bond donors (Lipinski definition) is 1. The smallest absolute Gasteiger partial charge is 0.337 e. The Bertz CT molecular complexity index is 568. The second-order valence-electron chi connectivity index (χ2n) is 3.78. The van der Waals surface area contributed by atoms with Gasteiger partial charge in [0, 0.05) is 14.7 Å². The molecule has 0 aliphatic carbocycles. The molecule has 98 valence electrons. The minimum atomic E-state index is -0.866. The number of carbonyl (C=O) groups is 1. The average molecular weight is 290 g/mol. The average Bonchev–Trinajstić information content (AvgIpc) is 2.40. The number of hydrogen-bond acceptors (Lipinski definition) is 3. The predicted molar refractivity (Wildman–Crippen MR) is 80.4 cm³/mol. The van der Waals surface area contributed by atoms with E-state index in [1.807, 2.05) is 55.5 Å². The van der Waals surface area contributed by atoms with Crippen LogP contribution in [0.3, 0.4) is 0 Å². The van der Waals surface area contributed by atoms with Gasteiger partial charge < -0.3 is 5.11 Å². The fraction of sp³-hybridized carbons (Fsp3) is 0.133. The Morgan fingerprint density at radius 1 is 1.05 bits per heavy atom. The van der Waals surface area contributed by atoms with Gasteiger partial charge >= 0.3 is 5.97 Å². The molecule has 0 saturated heterocycles. The highest BCUT2D eigenvalue weighted by atomic mass is 32.2. The van der Waals surface area contributed by atoms with E-state index in [2.05, 4.69) is 0 Å². The maximum absolute atomic E-state index is 11.5. The summed E-state index contributed by atoms with van der Waals surface area (Å²) in [5.74, 6) is -0.00491. The molecule has 2 aromatic carbocycles. The van der Waals surface area contributed by atoms with Crippen molar-refractivity contribution in [3.8, 4) is 0 Å². The Morgan fingerprint density at radius 3 is 2.37 bits per heavy atom. The summed E-state index contributed by atoms with van der Waals surface area (Å²) in [7, 11) is 0. The van der Waals surface area contributed by atoms with Crippen LogP contribution in [0, 0.1) is 0 Å². The SMILES string of the molecule is CCSc1cccc(Sc2ccccc2)c1C(=O)O. The molecule has 0 spiro atoms. The van der Waals surface area contributed by atoms with Crippen LogP contribution in [0.15, 0.2) is 63.2 Å². The first-order valence-electron chi connectivity index (χ1n) is 5.94. The normalized spacial score (nSPS) is 10.4. The second-order valence-corrected chi connectivity index (χ2v) is 6.20. The van der Waals surface area contributed by atoms with Crippen LogP contribution in [0.2, 0.25) is 0 Å². The van der Waals surface area contributed by atoms with Gasteiger partial charge in [0.25, 0.3) is 0 Å². The molecule has 0 aromatic heterocycles. The number of carboxylic acid groups (broad SMARTS) is 1. The maximum Gasteiger partial charge on any atom is 0.337 e. The molecule has 2 rings (SSSR count). The van der Waals surface area contributed by atoms with E-state index in [4.69, 9.17) is 0 Å². The first-order chi connectivity index (χ1) is 9.22. The van der Waals surface area contributed by atoms with Gasteiger partial charge in [-0.05, 0) is 30.0 Å². The lowest BCUT2D eigenvalue weighted by molar-refractivity contribution is 0.0689. The molecular formula is C15H14O2S2. The molecule has 0 bridgehead atoms. The van der Waals surface area contributed by atoms with Gasteiger partial charge in [0.05, 0.1) is 5.56 Å². The van der Waals surface area contributed by atoms with Gasteiger partial charge in [-0.1, -0.05) is 43.0 Å². The molecule has 0 radical (unpaired) electrons. The van der Waals surface area contributed by atoms with Crippen molar-refractivity contribution in [2.45, 2.75) is 21.6 Å². The summed E-state index contributed by atoms with van der Waals surface area (Å²) < 4.78 is 0. The molecule has 0 fully saturated rings. The van der Waals surface area contributed by atoms with Gasteiger partial charge in [-0.3, -0.25) is 0 Å². The number of carboxylic acids is 1. The van der Waals surface area contributed by atoms with Crippen molar-refractivity contribution in [2.24, 2.45) is 0 Å². The van der Waals surface area contributed by atoms with Gasteiger partial charge in [0.2, 0.25) is 0 Å². The van der Waals surface area contributed by atoms with E-state index in [-0.39, 0.29) is 0 Å². The zero-order valence-electron chi connectivity index (χ0n) is 10.5. The first-order valence-corrected chi connectivity index (χ1v) is 7.74. The van der Waals surface area contributed by atoms with E-state index >= 15 is 0 Å². The van der Waals surface area contributed by atoms with Crippen molar-refractivity contribution in [3.63, 3.8) is 0 Å². The highest BCUT2D eigenvalue weighted by molar-refractivity contribution is 8.00. The Kier molecular flexibility index (Phi) is 4.93. The van der Waals surface area contributed by atoms with Crippen LogP contribution >= 0.6 is 23.5 Å². The van der Waals surface area contributed by atoms with Crippen LogP contribution in [-0.2, 0) is 0 Å². The fourth-order valence-electron chi connectivity index (χ4n) is 1.70. The standard InChI is InChI=1S/C15H14O2S2/c1-2-18-12-9-6-10-13(14(12)15(16)17)19-11-7-4-3-5-8-11/h3-10H,2H2,1H3,(H,16,17). The van der Waals surface area contributed by atoms with Crippen molar-refractivity contribution >= 4 is 29.5 Å². The van der Waals surface area contributed by atoms with Gasteiger partial charge in [-0.25, -0.2) is 4.79 Å². The van der Waals surface area contributed by atoms with E-state index in [0.29, 0.717) is 5.56 Å². The van der Waals surface area contributed by atoms with Crippen LogP contribution in [0.5, 0.6) is 0 Å². The van der Waals surface area contributed by atoms with Crippen LogP contribution < -0.4 is 0 Å². The number of aromatic carboxylic acids is 1. The minimum Gasteiger partial charge on any atom is -0.478 e. The van der Waals surface area contributed by atoms with Gasteiger partial charge in [0.1, 0.15) is 0 Å². The van der Waals surface area contributed by atoms with Crippen LogP contribution in [0.1, 0.15) is 17.3 Å². The largest absolute Gasteiger partial charge is 0.478 e. The lowest BCUT2D eigenvalue weighted by Crippen LogP contribution is -2.01. The molecule has 0 amide bonds. The molecule has 1 N–H and O–H groups in total. The first kappa shape index (κ1) is 14.0. The summed E-state index contributed by atoms with van der Waals surface area (Å²) >= 11 is 3.05. The third kappa shape index (κ3) is 3.55. The molecule has 0 unspecified atom stereocenters. The number of rotatable bonds is 5. The molecule has 0 heterocycles. The summed E-state index contributed by atoms with van der Waals surface area (Å²) in [5.41, 5.74) is 0.406. The summed E-state index contributed by atoms with van der Waals surface area (Å²) in [6.07, 6.45) is 0. The molecule has 2 aromatic rings. The van der Waals surface area contributed by atoms with E-state index in [9.17, 15) is 9.90 Å². The van der Waals surface area contributed by atoms with Crippen molar-refractivity contribution in [1.82, 2.24) is 0 Å². The summed E-state index contributed by atoms with van der Waals surface area (Å²) in [6, 6.07) is 15.5. The molecule has 2 nitrogen and oxygen atoms in total. The molecule has 4 heteroatoms. The molecule has 19 heavy (non-hydrogen) atoms. The van der Waals surface area contributed by atoms with Crippen molar-refractivity contribution in [2.75, 3.05) is 5.75 Å². The lowest BCUT2D eigenvalue weighted by atomic mass is 10.2. The van der Waals surface area contributed by atoms with Crippen molar-refractivity contribution in [3.05, 3.63) is 54.1 Å². The third-order valence-electron chi connectivity index (χ3n) is 2.47. The second kappa shape index (κ2) is 6.68. The van der Waals surface area contributed by atoms with E-state index < -0.39 is 5.97 Å². The monoisotopic (exact) mass is 290 g/mol. The zero-order valence-corrected chi connectivity index (χ0v) is 12.1. The van der Waals surface area contributed by atoms with Crippen molar-refractivity contribution < 1.29 is 9.90 Å². The van der Waals surface area contributed by atoms with Crippen molar-refractivity contribution in [1.29, 1.82) is 0 Å². The molecule has 0 atom stereocenters. The topological polar surface area (TPSA) is 37.3 Å². The predicted octanol–water partition coefficient (Wildman–Crippen LogP) is 4.65. The number of thioether (sulfide) groups is 1. The fourth-order valence-corrected chi connectivity index (χ4v) is 3.58. The van der Waals surface area contributed by atoms with Gasteiger partial charge in [-0.15, -0.1) is 11.8 Å².